The molecule has 0 bridgehead atoms. The van der Waals surface area contributed by atoms with Crippen molar-refractivity contribution >= 4 is 0 Å². The minimum Gasteiger partial charge on any atom is -0.342 e. The van der Waals surface area contributed by atoms with Crippen molar-refractivity contribution in [3.63, 3.8) is 0 Å². The van der Waals surface area contributed by atoms with Gasteiger partial charge in [-0.05, 0) is 14.0 Å². The number of aromatic nitrogens is 2. The standard InChI is InChI=1S/C13H17N3/c1-10-12(8-9-14-2)16-13(15-10)11-6-4-3-5-7-11/h3-7,14H,8-9H2,1-2H3,(H,15,16). The van der Waals surface area contributed by atoms with E-state index in [1.807, 2.05) is 25.2 Å². The number of aryl methyl sites for hydroxylation is 1. The second kappa shape index (κ2) is 4.94. The van der Waals surface area contributed by atoms with E-state index in [1.54, 1.807) is 0 Å². The Morgan fingerprint density at radius 3 is 2.69 bits per heavy atom. The molecule has 1 aromatic carbocycles. The molecule has 3 nitrogen and oxygen atoms in total. The van der Waals surface area contributed by atoms with E-state index < -0.39 is 0 Å². The summed E-state index contributed by atoms with van der Waals surface area (Å²) in [7, 11) is 1.96. The summed E-state index contributed by atoms with van der Waals surface area (Å²) in [4.78, 5) is 7.95. The second-order valence-corrected chi connectivity index (χ2v) is 3.88. The molecule has 2 rings (SSSR count). The molecule has 1 aromatic heterocycles. The number of nitrogens with one attached hydrogen (secondary N) is 2. The first kappa shape index (κ1) is 10.9. The third-order valence-corrected chi connectivity index (χ3v) is 2.64. The third kappa shape index (κ3) is 2.31. The molecule has 1 heterocycles. The van der Waals surface area contributed by atoms with Gasteiger partial charge in [0.2, 0.25) is 0 Å². The van der Waals surface area contributed by atoms with Crippen molar-refractivity contribution in [2.24, 2.45) is 0 Å². The summed E-state index contributed by atoms with van der Waals surface area (Å²) in [5.74, 6) is 0.962. The fourth-order valence-corrected chi connectivity index (χ4v) is 1.72. The normalized spacial score (nSPS) is 10.6. The quantitative estimate of drug-likeness (QED) is 0.820. The first-order chi connectivity index (χ1) is 7.81. The summed E-state index contributed by atoms with van der Waals surface area (Å²) in [5.41, 5.74) is 3.45. The highest BCUT2D eigenvalue weighted by molar-refractivity contribution is 5.55. The molecule has 0 aliphatic carbocycles. The average Bonchev–Trinajstić information content (AvgIpc) is 2.69. The molecule has 0 saturated heterocycles. The number of benzene rings is 1. The zero-order chi connectivity index (χ0) is 11.4. The van der Waals surface area contributed by atoms with Gasteiger partial charge in [-0.3, -0.25) is 0 Å². The van der Waals surface area contributed by atoms with Crippen LogP contribution in [0.3, 0.4) is 0 Å². The summed E-state index contributed by atoms with van der Waals surface area (Å²) >= 11 is 0. The molecule has 16 heavy (non-hydrogen) atoms. The number of nitrogens with zero attached hydrogens (tertiary/aromatic N) is 1. The summed E-state index contributed by atoms with van der Waals surface area (Å²) in [5, 5.41) is 3.14. The Morgan fingerprint density at radius 2 is 2.00 bits per heavy atom. The molecule has 0 amide bonds. The van der Waals surface area contributed by atoms with Crippen LogP contribution < -0.4 is 5.32 Å². The maximum absolute atomic E-state index is 4.62. The summed E-state index contributed by atoms with van der Waals surface area (Å²) in [6.07, 6.45) is 0.964. The van der Waals surface area contributed by atoms with Gasteiger partial charge in [0, 0.05) is 24.2 Å². The minimum atomic E-state index is 0.958. The van der Waals surface area contributed by atoms with Crippen LogP contribution in [-0.2, 0) is 6.42 Å². The van der Waals surface area contributed by atoms with Gasteiger partial charge in [-0.1, -0.05) is 30.3 Å². The SMILES string of the molecule is CNCCc1nc(-c2ccccc2)[nH]c1C. The van der Waals surface area contributed by atoms with Crippen molar-refractivity contribution < 1.29 is 0 Å². The number of rotatable bonds is 4. The van der Waals surface area contributed by atoms with E-state index in [1.165, 1.54) is 0 Å². The Morgan fingerprint density at radius 1 is 1.25 bits per heavy atom. The fourth-order valence-electron chi connectivity index (χ4n) is 1.72. The molecule has 0 unspecified atom stereocenters. The van der Waals surface area contributed by atoms with Gasteiger partial charge in [-0.25, -0.2) is 4.98 Å². The lowest BCUT2D eigenvalue weighted by atomic mass is 10.2. The van der Waals surface area contributed by atoms with Gasteiger partial charge in [0.25, 0.3) is 0 Å². The Labute approximate surface area is 95.9 Å². The number of H-pyrrole nitrogens is 1. The van der Waals surface area contributed by atoms with Crippen LogP contribution in [-0.4, -0.2) is 23.6 Å². The Balaban J connectivity index is 2.24. The van der Waals surface area contributed by atoms with Crippen LogP contribution in [0, 0.1) is 6.92 Å². The number of aromatic amines is 1. The van der Waals surface area contributed by atoms with Crippen molar-refractivity contribution in [1.82, 2.24) is 15.3 Å². The van der Waals surface area contributed by atoms with Crippen molar-refractivity contribution in [1.29, 1.82) is 0 Å². The first-order valence-electron chi connectivity index (χ1n) is 5.57. The Bertz CT molecular complexity index is 445. The molecule has 0 saturated carbocycles. The van der Waals surface area contributed by atoms with E-state index in [0.29, 0.717) is 0 Å². The zero-order valence-electron chi connectivity index (χ0n) is 9.75. The first-order valence-corrected chi connectivity index (χ1v) is 5.57. The molecule has 2 N–H and O–H groups in total. The molecule has 0 atom stereocenters. The van der Waals surface area contributed by atoms with Gasteiger partial charge in [0.05, 0.1) is 5.69 Å². The molecule has 84 valence electrons. The maximum atomic E-state index is 4.62. The van der Waals surface area contributed by atoms with Crippen molar-refractivity contribution in [2.75, 3.05) is 13.6 Å². The number of hydrogen-bond acceptors (Lipinski definition) is 2. The molecule has 0 radical (unpaired) electrons. The van der Waals surface area contributed by atoms with Crippen LogP contribution in [0.5, 0.6) is 0 Å². The van der Waals surface area contributed by atoms with Crippen LogP contribution in [0.2, 0.25) is 0 Å². The average molecular weight is 215 g/mol. The Kier molecular flexibility index (Phi) is 3.37. The van der Waals surface area contributed by atoms with Crippen LogP contribution >= 0.6 is 0 Å². The molecule has 0 fully saturated rings. The largest absolute Gasteiger partial charge is 0.342 e. The van der Waals surface area contributed by atoms with E-state index >= 15 is 0 Å². The summed E-state index contributed by atoms with van der Waals surface area (Å²) in [6, 6.07) is 10.2. The molecule has 2 aromatic rings. The lowest BCUT2D eigenvalue weighted by molar-refractivity contribution is 0.776. The summed E-state index contributed by atoms with van der Waals surface area (Å²) < 4.78 is 0. The zero-order valence-corrected chi connectivity index (χ0v) is 9.75. The highest BCUT2D eigenvalue weighted by atomic mass is 14.9. The van der Waals surface area contributed by atoms with Crippen LogP contribution in [0.1, 0.15) is 11.4 Å². The van der Waals surface area contributed by atoms with Gasteiger partial charge in [-0.2, -0.15) is 0 Å². The van der Waals surface area contributed by atoms with Crippen molar-refractivity contribution in [3.8, 4) is 11.4 Å². The fraction of sp³-hybridized carbons (Fsp3) is 0.308. The number of likely N-dealkylation sites (N-methyl/N-ethyl adjacent to an activating group) is 1. The van der Waals surface area contributed by atoms with Gasteiger partial charge in [0.1, 0.15) is 5.82 Å². The van der Waals surface area contributed by atoms with Crippen molar-refractivity contribution in [3.05, 3.63) is 41.7 Å². The highest BCUT2D eigenvalue weighted by Crippen LogP contribution is 2.17. The van der Waals surface area contributed by atoms with Gasteiger partial charge in [0.15, 0.2) is 0 Å². The van der Waals surface area contributed by atoms with E-state index in [4.69, 9.17) is 0 Å². The van der Waals surface area contributed by atoms with Crippen molar-refractivity contribution in [2.45, 2.75) is 13.3 Å². The minimum absolute atomic E-state index is 0.958. The van der Waals surface area contributed by atoms with Crippen LogP contribution in [0.25, 0.3) is 11.4 Å². The highest BCUT2D eigenvalue weighted by Gasteiger charge is 2.07. The smallest absolute Gasteiger partial charge is 0.137 e. The second-order valence-electron chi connectivity index (χ2n) is 3.88. The van der Waals surface area contributed by atoms with Gasteiger partial charge < -0.3 is 10.3 Å². The number of imidazole rings is 1. The lowest BCUT2D eigenvalue weighted by Gasteiger charge is -1.96. The molecule has 3 heteroatoms. The van der Waals surface area contributed by atoms with Crippen LogP contribution in [0.4, 0.5) is 0 Å². The van der Waals surface area contributed by atoms with Gasteiger partial charge >= 0.3 is 0 Å². The number of hydrogen-bond donors (Lipinski definition) is 2. The molecular weight excluding hydrogens is 198 g/mol. The predicted octanol–water partition coefficient (Wildman–Crippen LogP) is 2.15. The molecule has 0 spiro atoms. The summed E-state index contributed by atoms with van der Waals surface area (Å²) in [6.45, 7) is 3.03. The van der Waals surface area contributed by atoms with E-state index in [9.17, 15) is 0 Å². The topological polar surface area (TPSA) is 40.7 Å². The van der Waals surface area contributed by atoms with Crippen LogP contribution in [0.15, 0.2) is 30.3 Å². The maximum Gasteiger partial charge on any atom is 0.137 e. The van der Waals surface area contributed by atoms with Gasteiger partial charge in [-0.15, -0.1) is 0 Å². The monoisotopic (exact) mass is 215 g/mol. The predicted molar refractivity (Wildman–Crippen MR) is 66.4 cm³/mol. The van der Waals surface area contributed by atoms with E-state index in [-0.39, 0.29) is 0 Å². The molecule has 0 aliphatic rings. The Hall–Kier alpha value is -1.61. The third-order valence-electron chi connectivity index (χ3n) is 2.64. The molecular formula is C13H17N3. The van der Waals surface area contributed by atoms with E-state index in [0.717, 1.165) is 35.7 Å². The lowest BCUT2D eigenvalue weighted by Crippen LogP contribution is -2.11. The molecule has 0 aliphatic heterocycles. The van der Waals surface area contributed by atoms with E-state index in [2.05, 4.69) is 34.3 Å².